The molecule has 0 bridgehead atoms. The van der Waals surface area contributed by atoms with Gasteiger partial charge in [0.05, 0.1) is 11.5 Å². The Balaban J connectivity index is 1.85. The molecule has 0 radical (unpaired) electrons. The monoisotopic (exact) mass is 351 g/mol. The molecule has 1 aliphatic heterocycles. The maximum absolute atomic E-state index is 12.0. The summed E-state index contributed by atoms with van der Waals surface area (Å²) in [6.45, 7) is 3.38. The Morgan fingerprint density at radius 3 is 2.67 bits per heavy atom. The van der Waals surface area contributed by atoms with Gasteiger partial charge in [-0.1, -0.05) is 24.3 Å². The molecule has 0 spiro atoms. The van der Waals surface area contributed by atoms with Crippen LogP contribution in [0.1, 0.15) is 24.5 Å². The molecule has 0 unspecified atom stereocenters. The molecule has 130 valence electrons. The van der Waals surface area contributed by atoms with Gasteiger partial charge >= 0.3 is 5.97 Å². The van der Waals surface area contributed by atoms with Gasteiger partial charge in [-0.15, -0.1) is 0 Å². The van der Waals surface area contributed by atoms with E-state index in [1.54, 1.807) is 6.08 Å². The van der Waals surface area contributed by atoms with Crippen LogP contribution >= 0.6 is 0 Å². The van der Waals surface area contributed by atoms with Gasteiger partial charge in [-0.3, -0.25) is 4.79 Å². The van der Waals surface area contributed by atoms with Crippen molar-refractivity contribution in [2.24, 2.45) is 0 Å². The van der Waals surface area contributed by atoms with Gasteiger partial charge < -0.3 is 10.1 Å². The highest BCUT2D eigenvalue weighted by Gasteiger charge is 2.30. The van der Waals surface area contributed by atoms with Crippen molar-refractivity contribution in [2.45, 2.75) is 32.4 Å². The van der Waals surface area contributed by atoms with Crippen LogP contribution in [0, 0.1) is 6.92 Å². The molecule has 0 aliphatic carbocycles. The summed E-state index contributed by atoms with van der Waals surface area (Å²) in [7, 11) is -3.07. The quantitative estimate of drug-likeness (QED) is 0.637. The molecule has 6 nitrogen and oxygen atoms in total. The fraction of sp³-hybridized carbons (Fsp3) is 0.412. The van der Waals surface area contributed by atoms with Crippen molar-refractivity contribution in [2.75, 3.05) is 11.5 Å². The lowest BCUT2D eigenvalue weighted by Crippen LogP contribution is -2.42. The summed E-state index contributed by atoms with van der Waals surface area (Å²) in [6.07, 6.45) is 2.31. The second kappa shape index (κ2) is 7.61. The van der Waals surface area contributed by atoms with Crippen LogP contribution in [-0.2, 0) is 24.2 Å². The van der Waals surface area contributed by atoms with Gasteiger partial charge in [0.2, 0.25) is 0 Å². The fourth-order valence-corrected chi connectivity index (χ4v) is 4.10. The van der Waals surface area contributed by atoms with Crippen LogP contribution in [0.15, 0.2) is 30.3 Å². The minimum absolute atomic E-state index is 0.0629. The van der Waals surface area contributed by atoms with Crippen LogP contribution < -0.4 is 5.32 Å². The topological polar surface area (TPSA) is 89.5 Å². The number of sulfone groups is 1. The predicted octanol–water partition coefficient (Wildman–Crippen LogP) is 1.24. The molecule has 1 saturated heterocycles. The molecule has 1 N–H and O–H groups in total. The van der Waals surface area contributed by atoms with Crippen molar-refractivity contribution in [3.05, 3.63) is 41.5 Å². The largest absolute Gasteiger partial charge is 0.449 e. The number of ether oxygens (including phenoxy) is 1. The average Bonchev–Trinajstić information content (AvgIpc) is 2.85. The highest BCUT2D eigenvalue weighted by Crippen LogP contribution is 2.12. The molecule has 2 atom stereocenters. The summed E-state index contributed by atoms with van der Waals surface area (Å²) >= 11 is 0. The zero-order valence-corrected chi connectivity index (χ0v) is 14.5. The van der Waals surface area contributed by atoms with Crippen LogP contribution in [0.5, 0.6) is 0 Å². The van der Waals surface area contributed by atoms with E-state index >= 15 is 0 Å². The minimum atomic E-state index is -3.07. The van der Waals surface area contributed by atoms with E-state index in [4.69, 9.17) is 4.74 Å². The molecule has 1 amide bonds. The summed E-state index contributed by atoms with van der Waals surface area (Å²) < 4.78 is 27.8. The number of hydrogen-bond acceptors (Lipinski definition) is 5. The molecule has 1 aromatic rings. The van der Waals surface area contributed by atoms with E-state index in [0.717, 1.165) is 11.1 Å². The first-order valence-corrected chi connectivity index (χ1v) is 9.54. The Bertz CT molecular complexity index is 754. The molecule has 1 heterocycles. The van der Waals surface area contributed by atoms with Crippen molar-refractivity contribution < 1.29 is 22.7 Å². The van der Waals surface area contributed by atoms with E-state index in [2.05, 4.69) is 5.32 Å². The van der Waals surface area contributed by atoms with E-state index < -0.39 is 33.9 Å². The zero-order chi connectivity index (χ0) is 17.7. The first-order valence-electron chi connectivity index (χ1n) is 7.72. The highest BCUT2D eigenvalue weighted by molar-refractivity contribution is 7.91. The molecular weight excluding hydrogens is 330 g/mol. The Hall–Kier alpha value is -2.15. The Morgan fingerprint density at radius 2 is 2.04 bits per heavy atom. The van der Waals surface area contributed by atoms with Crippen molar-refractivity contribution in [1.29, 1.82) is 0 Å². The third-order valence-corrected chi connectivity index (χ3v) is 5.60. The summed E-state index contributed by atoms with van der Waals surface area (Å²) in [5.41, 5.74) is 1.91. The Morgan fingerprint density at radius 1 is 1.33 bits per heavy atom. The first kappa shape index (κ1) is 18.2. The number of benzene rings is 1. The SMILES string of the molecule is Cc1ccccc1/C=C/C(=O)O[C@H](C)C(=O)N[C@H]1CCS(=O)(=O)C1. The number of rotatable bonds is 5. The maximum Gasteiger partial charge on any atom is 0.331 e. The van der Waals surface area contributed by atoms with Gasteiger partial charge in [0.15, 0.2) is 15.9 Å². The predicted molar refractivity (Wildman–Crippen MR) is 91.0 cm³/mol. The van der Waals surface area contributed by atoms with E-state index in [1.807, 2.05) is 31.2 Å². The van der Waals surface area contributed by atoms with Crippen LogP contribution in [-0.4, -0.2) is 43.9 Å². The lowest BCUT2D eigenvalue weighted by molar-refractivity contribution is -0.150. The molecule has 24 heavy (non-hydrogen) atoms. The molecule has 1 aliphatic rings. The standard InChI is InChI=1S/C17H21NO5S/c1-12-5-3-4-6-14(12)7-8-16(19)23-13(2)17(20)18-15-9-10-24(21,22)11-15/h3-8,13,15H,9-11H2,1-2H3,(H,18,20)/b8-7+/t13-,15+/m1/s1. The van der Waals surface area contributed by atoms with Crippen LogP contribution in [0.3, 0.4) is 0 Å². The molecule has 7 heteroatoms. The molecule has 2 rings (SSSR count). The molecule has 0 saturated carbocycles. The van der Waals surface area contributed by atoms with Gasteiger partial charge in [0.25, 0.3) is 5.91 Å². The van der Waals surface area contributed by atoms with Crippen molar-refractivity contribution in [3.8, 4) is 0 Å². The number of carbonyl (C=O) groups is 2. The van der Waals surface area contributed by atoms with Crippen molar-refractivity contribution in [3.63, 3.8) is 0 Å². The van der Waals surface area contributed by atoms with Crippen LogP contribution in [0.4, 0.5) is 0 Å². The molecular formula is C17H21NO5S. The van der Waals surface area contributed by atoms with Gasteiger partial charge in [0, 0.05) is 12.1 Å². The summed E-state index contributed by atoms with van der Waals surface area (Å²) in [5, 5.41) is 2.60. The normalized spacial score (nSPS) is 20.7. The Kier molecular flexibility index (Phi) is 5.77. The van der Waals surface area contributed by atoms with Gasteiger partial charge in [-0.2, -0.15) is 0 Å². The minimum Gasteiger partial charge on any atom is -0.449 e. The Labute approximate surface area is 141 Å². The van der Waals surface area contributed by atoms with Gasteiger partial charge in [0.1, 0.15) is 0 Å². The average molecular weight is 351 g/mol. The molecule has 1 aromatic carbocycles. The molecule has 1 fully saturated rings. The summed E-state index contributed by atoms with van der Waals surface area (Å²) in [6, 6.07) is 7.16. The third kappa shape index (κ3) is 5.19. The summed E-state index contributed by atoms with van der Waals surface area (Å²) in [4.78, 5) is 23.8. The summed E-state index contributed by atoms with van der Waals surface area (Å²) in [5.74, 6) is -1.10. The lowest BCUT2D eigenvalue weighted by Gasteiger charge is -2.15. The highest BCUT2D eigenvalue weighted by atomic mass is 32.2. The molecule has 0 aromatic heterocycles. The fourth-order valence-electron chi connectivity index (χ4n) is 2.43. The third-order valence-electron chi connectivity index (χ3n) is 3.83. The number of hydrogen-bond donors (Lipinski definition) is 1. The van der Waals surface area contributed by atoms with E-state index in [1.165, 1.54) is 13.0 Å². The number of aryl methyl sites for hydroxylation is 1. The van der Waals surface area contributed by atoms with Crippen molar-refractivity contribution >= 4 is 27.8 Å². The second-order valence-electron chi connectivity index (χ2n) is 5.88. The number of amides is 1. The lowest BCUT2D eigenvalue weighted by atomic mass is 10.1. The maximum atomic E-state index is 12.0. The van der Waals surface area contributed by atoms with E-state index in [-0.39, 0.29) is 11.5 Å². The zero-order valence-electron chi connectivity index (χ0n) is 13.7. The van der Waals surface area contributed by atoms with Crippen LogP contribution in [0.2, 0.25) is 0 Å². The van der Waals surface area contributed by atoms with Crippen molar-refractivity contribution in [1.82, 2.24) is 5.32 Å². The second-order valence-corrected chi connectivity index (χ2v) is 8.11. The van der Waals surface area contributed by atoms with Crippen LogP contribution in [0.25, 0.3) is 6.08 Å². The smallest absolute Gasteiger partial charge is 0.331 e. The van der Waals surface area contributed by atoms with Gasteiger partial charge in [-0.25, -0.2) is 13.2 Å². The number of carbonyl (C=O) groups excluding carboxylic acids is 2. The number of nitrogens with one attached hydrogen (secondary N) is 1. The first-order chi connectivity index (χ1) is 11.3. The van der Waals surface area contributed by atoms with E-state index in [9.17, 15) is 18.0 Å². The van der Waals surface area contributed by atoms with E-state index in [0.29, 0.717) is 6.42 Å². The van der Waals surface area contributed by atoms with Gasteiger partial charge in [-0.05, 0) is 37.5 Å². The number of esters is 1.